The van der Waals surface area contributed by atoms with Crippen LogP contribution in [-0.4, -0.2) is 36.7 Å². The van der Waals surface area contributed by atoms with Crippen LogP contribution in [0.15, 0.2) is 29.0 Å². The Kier molecular flexibility index (Phi) is 3.86. The van der Waals surface area contributed by atoms with Crippen LogP contribution < -0.4 is 20.5 Å². The first-order valence-electron chi connectivity index (χ1n) is 8.10. The fraction of sp³-hybridized carbons (Fsp3) is 0.412. The van der Waals surface area contributed by atoms with Crippen LogP contribution in [0.5, 0.6) is 11.5 Å². The van der Waals surface area contributed by atoms with E-state index in [9.17, 15) is 4.79 Å². The van der Waals surface area contributed by atoms with E-state index in [1.165, 1.54) is 6.39 Å². The Morgan fingerprint density at radius 2 is 2.08 bits per heavy atom. The van der Waals surface area contributed by atoms with Crippen LogP contribution in [0, 0.1) is 5.92 Å². The second-order valence-corrected chi connectivity index (χ2v) is 6.04. The molecule has 0 radical (unpaired) electrons. The average molecular weight is 329 g/mol. The number of amides is 1. The molecule has 1 atom stereocenters. The van der Waals surface area contributed by atoms with Crippen LogP contribution in [0.2, 0.25) is 0 Å². The first-order chi connectivity index (χ1) is 11.8. The van der Waals surface area contributed by atoms with Crippen LogP contribution in [0.25, 0.3) is 11.3 Å². The maximum Gasteiger partial charge on any atom is 0.274 e. The highest BCUT2D eigenvalue weighted by atomic mass is 16.6. The molecule has 2 heterocycles. The Bertz CT molecular complexity index is 754. The number of oxazole rings is 1. The zero-order valence-corrected chi connectivity index (χ0v) is 13.2. The van der Waals surface area contributed by atoms with E-state index >= 15 is 0 Å². The largest absolute Gasteiger partial charge is 0.486 e. The first-order valence-corrected chi connectivity index (χ1v) is 8.10. The number of rotatable bonds is 5. The van der Waals surface area contributed by atoms with Crippen molar-refractivity contribution in [3.8, 4) is 22.8 Å². The molecule has 1 aromatic carbocycles. The number of nitrogens with one attached hydrogen (secondary N) is 1. The highest BCUT2D eigenvalue weighted by molar-refractivity contribution is 5.98. The lowest BCUT2D eigenvalue weighted by Crippen LogP contribution is -2.42. The Morgan fingerprint density at radius 3 is 2.83 bits per heavy atom. The molecule has 1 unspecified atom stereocenters. The first kappa shape index (κ1) is 15.0. The number of hydrogen-bond acceptors (Lipinski definition) is 6. The summed E-state index contributed by atoms with van der Waals surface area (Å²) in [6, 6.07) is 5.42. The number of aromatic nitrogens is 1. The van der Waals surface area contributed by atoms with Gasteiger partial charge in [0.1, 0.15) is 13.2 Å². The Labute approximate surface area is 139 Å². The molecule has 1 aliphatic heterocycles. The van der Waals surface area contributed by atoms with Crippen molar-refractivity contribution in [3.05, 3.63) is 30.3 Å². The van der Waals surface area contributed by atoms with E-state index in [0.717, 1.165) is 18.4 Å². The molecule has 3 N–H and O–H groups in total. The van der Waals surface area contributed by atoms with Gasteiger partial charge < -0.3 is 24.9 Å². The van der Waals surface area contributed by atoms with Gasteiger partial charge in [-0.3, -0.25) is 4.79 Å². The molecule has 1 amide bonds. The summed E-state index contributed by atoms with van der Waals surface area (Å²) in [5, 5.41) is 2.96. The van der Waals surface area contributed by atoms with Gasteiger partial charge in [0.05, 0.1) is 0 Å². The van der Waals surface area contributed by atoms with Crippen molar-refractivity contribution in [3.63, 3.8) is 0 Å². The summed E-state index contributed by atoms with van der Waals surface area (Å²) in [5.41, 5.74) is 6.73. The number of carbonyl (C=O) groups excluding carboxylic acids is 1. The Morgan fingerprint density at radius 1 is 1.29 bits per heavy atom. The predicted molar refractivity (Wildman–Crippen MR) is 86.0 cm³/mol. The van der Waals surface area contributed by atoms with E-state index in [4.69, 9.17) is 19.6 Å². The van der Waals surface area contributed by atoms with Gasteiger partial charge in [0.25, 0.3) is 5.91 Å². The molecule has 0 spiro atoms. The van der Waals surface area contributed by atoms with Crippen molar-refractivity contribution in [2.75, 3.05) is 19.8 Å². The molecule has 126 valence electrons. The molecular formula is C17H19N3O4. The highest BCUT2D eigenvalue weighted by Gasteiger charge is 2.32. The minimum atomic E-state index is -0.268. The molecule has 7 heteroatoms. The van der Waals surface area contributed by atoms with Crippen LogP contribution in [0.3, 0.4) is 0 Å². The number of nitrogens with two attached hydrogens (primary N) is 1. The van der Waals surface area contributed by atoms with E-state index in [0.29, 0.717) is 42.9 Å². The highest BCUT2D eigenvalue weighted by Crippen LogP contribution is 2.36. The van der Waals surface area contributed by atoms with Gasteiger partial charge in [-0.2, -0.15) is 0 Å². The summed E-state index contributed by atoms with van der Waals surface area (Å²) >= 11 is 0. The SMILES string of the molecule is NCC(NC(=O)c1ncoc1-c1ccc2c(c1)OCCO2)C1CC1. The second kappa shape index (κ2) is 6.16. The van der Waals surface area contributed by atoms with Gasteiger partial charge in [-0.25, -0.2) is 4.98 Å². The van der Waals surface area contributed by atoms with E-state index in [1.807, 2.05) is 6.07 Å². The second-order valence-electron chi connectivity index (χ2n) is 6.04. The molecule has 2 aliphatic rings. The van der Waals surface area contributed by atoms with Gasteiger partial charge in [0.2, 0.25) is 0 Å². The molecule has 2 aromatic rings. The summed E-state index contributed by atoms with van der Waals surface area (Å²) in [6.07, 6.45) is 3.49. The lowest BCUT2D eigenvalue weighted by Gasteiger charge is -2.18. The van der Waals surface area contributed by atoms with E-state index in [2.05, 4.69) is 10.3 Å². The predicted octanol–water partition coefficient (Wildman–Crippen LogP) is 1.58. The zero-order valence-electron chi connectivity index (χ0n) is 13.2. The smallest absolute Gasteiger partial charge is 0.274 e. The molecule has 1 fully saturated rings. The van der Waals surface area contributed by atoms with Crippen molar-refractivity contribution in [2.45, 2.75) is 18.9 Å². The van der Waals surface area contributed by atoms with E-state index in [1.54, 1.807) is 12.1 Å². The minimum absolute atomic E-state index is 0.0117. The molecule has 0 bridgehead atoms. The maximum atomic E-state index is 12.5. The third kappa shape index (κ3) is 2.82. The molecule has 4 rings (SSSR count). The third-order valence-corrected chi connectivity index (χ3v) is 4.35. The van der Waals surface area contributed by atoms with Crippen molar-refractivity contribution < 1.29 is 18.7 Å². The Balaban J connectivity index is 1.59. The number of benzene rings is 1. The number of fused-ring (bicyclic) bond motifs is 1. The molecule has 0 saturated heterocycles. The average Bonchev–Trinajstić information content (AvgIpc) is 3.34. The topological polar surface area (TPSA) is 99.6 Å². The number of nitrogens with zero attached hydrogens (tertiary/aromatic N) is 1. The summed E-state index contributed by atoms with van der Waals surface area (Å²) in [4.78, 5) is 16.6. The van der Waals surface area contributed by atoms with Gasteiger partial charge in [0, 0.05) is 18.2 Å². The van der Waals surface area contributed by atoms with Gasteiger partial charge >= 0.3 is 0 Å². The maximum absolute atomic E-state index is 12.5. The van der Waals surface area contributed by atoms with Crippen LogP contribution >= 0.6 is 0 Å². The van der Waals surface area contributed by atoms with Gasteiger partial charge in [-0.1, -0.05) is 0 Å². The molecule has 1 aliphatic carbocycles. The third-order valence-electron chi connectivity index (χ3n) is 4.35. The standard InChI is InChI=1S/C17H19N3O4/c18-8-12(10-1-2-10)20-17(21)15-16(24-9-19-15)11-3-4-13-14(7-11)23-6-5-22-13/h3-4,7,9-10,12H,1-2,5-6,8,18H2,(H,20,21). The molecule has 24 heavy (non-hydrogen) atoms. The summed E-state index contributed by atoms with van der Waals surface area (Å²) < 4.78 is 16.5. The fourth-order valence-corrected chi connectivity index (χ4v) is 2.90. The lowest BCUT2D eigenvalue weighted by atomic mass is 10.1. The number of ether oxygens (including phenoxy) is 2. The number of hydrogen-bond donors (Lipinski definition) is 2. The molecular weight excluding hydrogens is 310 g/mol. The van der Waals surface area contributed by atoms with E-state index in [-0.39, 0.29) is 17.6 Å². The molecule has 7 nitrogen and oxygen atoms in total. The zero-order chi connectivity index (χ0) is 16.5. The summed E-state index contributed by atoms with van der Waals surface area (Å²) in [7, 11) is 0. The normalized spacial score (nSPS) is 17.4. The monoisotopic (exact) mass is 329 g/mol. The Hall–Kier alpha value is -2.54. The van der Waals surface area contributed by atoms with E-state index < -0.39 is 0 Å². The quantitative estimate of drug-likeness (QED) is 0.864. The van der Waals surface area contributed by atoms with Crippen molar-refractivity contribution in [1.82, 2.24) is 10.3 Å². The summed E-state index contributed by atoms with van der Waals surface area (Å²) in [6.45, 7) is 1.46. The van der Waals surface area contributed by atoms with Crippen LogP contribution in [-0.2, 0) is 0 Å². The summed E-state index contributed by atoms with van der Waals surface area (Å²) in [5.74, 6) is 1.95. The molecule has 1 aromatic heterocycles. The lowest BCUT2D eigenvalue weighted by molar-refractivity contribution is 0.0929. The van der Waals surface area contributed by atoms with Crippen molar-refractivity contribution in [1.29, 1.82) is 0 Å². The van der Waals surface area contributed by atoms with Gasteiger partial charge in [-0.15, -0.1) is 0 Å². The van der Waals surface area contributed by atoms with Gasteiger partial charge in [0.15, 0.2) is 29.3 Å². The molecule has 1 saturated carbocycles. The number of carbonyl (C=O) groups is 1. The fourth-order valence-electron chi connectivity index (χ4n) is 2.90. The van der Waals surface area contributed by atoms with Crippen molar-refractivity contribution >= 4 is 5.91 Å². The van der Waals surface area contributed by atoms with Crippen LogP contribution in [0.1, 0.15) is 23.3 Å². The van der Waals surface area contributed by atoms with Crippen molar-refractivity contribution in [2.24, 2.45) is 11.7 Å². The minimum Gasteiger partial charge on any atom is -0.486 e. The van der Waals surface area contributed by atoms with Crippen LogP contribution in [0.4, 0.5) is 0 Å². The van der Waals surface area contributed by atoms with Gasteiger partial charge in [-0.05, 0) is 37.0 Å².